The first-order valence-corrected chi connectivity index (χ1v) is 5.62. The number of ether oxygens (including phenoxy) is 1. The van der Waals surface area contributed by atoms with Crippen molar-refractivity contribution in [1.82, 2.24) is 5.32 Å². The van der Waals surface area contributed by atoms with Gasteiger partial charge in [0.2, 0.25) is 0 Å². The zero-order valence-corrected chi connectivity index (χ0v) is 8.54. The van der Waals surface area contributed by atoms with Crippen LogP contribution in [-0.4, -0.2) is 25.3 Å². The molecular weight excluding hydrogens is 176 g/mol. The zero-order valence-electron chi connectivity index (χ0n) is 8.54. The summed E-state index contributed by atoms with van der Waals surface area (Å²) in [5, 5.41) is 12.4. The summed E-state index contributed by atoms with van der Waals surface area (Å²) >= 11 is 0. The highest BCUT2D eigenvalue weighted by molar-refractivity contribution is 4.93. The molecule has 3 heteroatoms. The Kier molecular flexibility index (Phi) is 3.39. The molecule has 0 radical (unpaired) electrons. The van der Waals surface area contributed by atoms with E-state index in [2.05, 4.69) is 11.4 Å². The van der Waals surface area contributed by atoms with Crippen LogP contribution in [0.25, 0.3) is 0 Å². The Bertz CT molecular complexity index is 218. The van der Waals surface area contributed by atoms with Gasteiger partial charge in [-0.1, -0.05) is 0 Å². The van der Waals surface area contributed by atoms with Gasteiger partial charge in [-0.15, -0.1) is 0 Å². The highest BCUT2D eigenvalue weighted by Crippen LogP contribution is 2.25. The Morgan fingerprint density at radius 2 is 2.14 bits per heavy atom. The lowest BCUT2D eigenvalue weighted by molar-refractivity contribution is 0.0665. The highest BCUT2D eigenvalue weighted by atomic mass is 16.5. The van der Waals surface area contributed by atoms with E-state index < -0.39 is 0 Å². The fourth-order valence-corrected chi connectivity index (χ4v) is 2.46. The molecule has 2 aliphatic rings. The van der Waals surface area contributed by atoms with Crippen molar-refractivity contribution in [3.05, 3.63) is 0 Å². The second-order valence-corrected chi connectivity index (χ2v) is 4.42. The minimum atomic E-state index is 0.289. The fraction of sp³-hybridized carbons (Fsp3) is 0.909. The quantitative estimate of drug-likeness (QED) is 0.723. The van der Waals surface area contributed by atoms with Gasteiger partial charge in [0.25, 0.3) is 0 Å². The van der Waals surface area contributed by atoms with E-state index in [1.54, 1.807) is 0 Å². The maximum Gasteiger partial charge on any atom is 0.0656 e. The third-order valence-electron chi connectivity index (χ3n) is 3.25. The minimum absolute atomic E-state index is 0.289. The third-order valence-corrected chi connectivity index (χ3v) is 3.25. The molecule has 1 aliphatic heterocycles. The average molecular weight is 194 g/mol. The molecule has 1 N–H and O–H groups in total. The van der Waals surface area contributed by atoms with E-state index in [0.29, 0.717) is 12.1 Å². The molecule has 1 aliphatic carbocycles. The molecule has 2 fully saturated rings. The molecule has 0 aromatic heterocycles. The number of nitrogens with one attached hydrogen (secondary N) is 1. The first-order chi connectivity index (χ1) is 6.88. The van der Waals surface area contributed by atoms with Crippen molar-refractivity contribution < 1.29 is 4.74 Å². The molecule has 0 amide bonds. The first-order valence-electron chi connectivity index (χ1n) is 5.62. The van der Waals surface area contributed by atoms with E-state index >= 15 is 0 Å². The predicted octanol–water partition coefficient (Wildman–Crippen LogP) is 1.45. The Hall–Kier alpha value is -0.590. The molecule has 78 valence electrons. The van der Waals surface area contributed by atoms with Crippen molar-refractivity contribution in [2.45, 2.75) is 44.2 Å². The summed E-state index contributed by atoms with van der Waals surface area (Å²) in [5.74, 6) is 0.289. The topological polar surface area (TPSA) is 45.0 Å². The van der Waals surface area contributed by atoms with E-state index in [4.69, 9.17) is 10.00 Å². The van der Waals surface area contributed by atoms with Gasteiger partial charge in [-0.3, -0.25) is 0 Å². The smallest absolute Gasteiger partial charge is 0.0656 e. The molecule has 0 bridgehead atoms. The molecule has 0 spiro atoms. The van der Waals surface area contributed by atoms with Gasteiger partial charge in [0, 0.05) is 24.6 Å². The van der Waals surface area contributed by atoms with Gasteiger partial charge >= 0.3 is 0 Å². The molecule has 2 unspecified atom stereocenters. The fourth-order valence-electron chi connectivity index (χ4n) is 2.46. The number of nitrogens with zero attached hydrogens (tertiary/aromatic N) is 1. The van der Waals surface area contributed by atoms with Crippen LogP contribution < -0.4 is 5.32 Å². The molecule has 0 aromatic rings. The molecule has 1 saturated heterocycles. The molecule has 1 saturated carbocycles. The molecule has 1 heterocycles. The molecule has 14 heavy (non-hydrogen) atoms. The second-order valence-electron chi connectivity index (χ2n) is 4.42. The summed E-state index contributed by atoms with van der Waals surface area (Å²) in [6.45, 7) is 1.78. The average Bonchev–Trinajstić information content (AvgIpc) is 2.67. The van der Waals surface area contributed by atoms with Crippen LogP contribution in [0.5, 0.6) is 0 Å². The third kappa shape index (κ3) is 2.46. The van der Waals surface area contributed by atoms with Gasteiger partial charge in [0.05, 0.1) is 12.7 Å². The van der Waals surface area contributed by atoms with Crippen molar-refractivity contribution in [2.75, 3.05) is 13.2 Å². The lowest BCUT2D eigenvalue weighted by Gasteiger charge is -2.26. The van der Waals surface area contributed by atoms with Crippen LogP contribution in [0.15, 0.2) is 0 Å². The van der Waals surface area contributed by atoms with Crippen molar-refractivity contribution in [1.29, 1.82) is 5.26 Å². The second kappa shape index (κ2) is 4.77. The van der Waals surface area contributed by atoms with Gasteiger partial charge in [-0.05, 0) is 32.1 Å². The Morgan fingerprint density at radius 1 is 1.21 bits per heavy atom. The Labute approximate surface area is 85.4 Å². The van der Waals surface area contributed by atoms with Gasteiger partial charge in [0.15, 0.2) is 0 Å². The van der Waals surface area contributed by atoms with E-state index in [9.17, 15) is 0 Å². The largest absolute Gasteiger partial charge is 0.380 e. The van der Waals surface area contributed by atoms with Crippen molar-refractivity contribution in [2.24, 2.45) is 5.92 Å². The van der Waals surface area contributed by atoms with E-state index in [1.807, 2.05) is 0 Å². The van der Waals surface area contributed by atoms with Gasteiger partial charge < -0.3 is 10.1 Å². The van der Waals surface area contributed by atoms with Crippen LogP contribution in [0.2, 0.25) is 0 Å². The lowest BCUT2D eigenvalue weighted by Crippen LogP contribution is -2.42. The van der Waals surface area contributed by atoms with Crippen LogP contribution >= 0.6 is 0 Å². The van der Waals surface area contributed by atoms with Crippen LogP contribution in [0, 0.1) is 17.2 Å². The van der Waals surface area contributed by atoms with Crippen molar-refractivity contribution in [3.8, 4) is 6.07 Å². The van der Waals surface area contributed by atoms with Crippen LogP contribution in [0.4, 0.5) is 0 Å². The summed E-state index contributed by atoms with van der Waals surface area (Å²) in [6.07, 6.45) is 5.67. The molecular formula is C11H18N2O. The number of hydrogen-bond donors (Lipinski definition) is 1. The summed E-state index contributed by atoms with van der Waals surface area (Å²) in [6, 6.07) is 3.45. The van der Waals surface area contributed by atoms with Crippen LogP contribution in [0.3, 0.4) is 0 Å². The molecule has 3 nitrogen and oxygen atoms in total. The highest BCUT2D eigenvalue weighted by Gasteiger charge is 2.26. The normalized spacial score (nSPS) is 38.1. The Balaban J connectivity index is 1.73. The molecule has 2 rings (SSSR count). The van der Waals surface area contributed by atoms with E-state index in [1.165, 1.54) is 12.8 Å². The standard InChI is InChI=1S/C11H18N2O/c12-7-9-3-4-10(6-9)13-11-2-1-5-14-8-11/h9-11,13H,1-6,8H2/t9?,10?,11-/m0/s1. The minimum Gasteiger partial charge on any atom is -0.380 e. The van der Waals surface area contributed by atoms with E-state index in [-0.39, 0.29) is 5.92 Å². The van der Waals surface area contributed by atoms with Crippen LogP contribution in [-0.2, 0) is 4.74 Å². The maximum atomic E-state index is 8.79. The van der Waals surface area contributed by atoms with Crippen molar-refractivity contribution >= 4 is 0 Å². The molecule has 3 atom stereocenters. The van der Waals surface area contributed by atoms with Gasteiger partial charge in [-0.2, -0.15) is 5.26 Å². The summed E-state index contributed by atoms with van der Waals surface area (Å²) in [5.41, 5.74) is 0. The number of hydrogen-bond acceptors (Lipinski definition) is 3. The molecule has 0 aromatic carbocycles. The predicted molar refractivity (Wildman–Crippen MR) is 53.7 cm³/mol. The zero-order chi connectivity index (χ0) is 9.80. The summed E-state index contributed by atoms with van der Waals surface area (Å²) in [7, 11) is 0. The van der Waals surface area contributed by atoms with E-state index in [0.717, 1.165) is 32.5 Å². The summed E-state index contributed by atoms with van der Waals surface area (Å²) in [4.78, 5) is 0. The SMILES string of the molecule is N#CC1CCC(N[C@H]2CCCOC2)C1. The number of nitriles is 1. The monoisotopic (exact) mass is 194 g/mol. The van der Waals surface area contributed by atoms with Gasteiger partial charge in [0.1, 0.15) is 0 Å². The number of rotatable bonds is 2. The summed E-state index contributed by atoms with van der Waals surface area (Å²) < 4.78 is 5.42. The maximum absolute atomic E-state index is 8.79. The van der Waals surface area contributed by atoms with Crippen molar-refractivity contribution in [3.63, 3.8) is 0 Å². The first kappa shape index (κ1) is 9.95. The Morgan fingerprint density at radius 3 is 2.79 bits per heavy atom. The lowest BCUT2D eigenvalue weighted by atomic mass is 10.1. The van der Waals surface area contributed by atoms with Crippen LogP contribution in [0.1, 0.15) is 32.1 Å². The van der Waals surface area contributed by atoms with Gasteiger partial charge in [-0.25, -0.2) is 0 Å².